The fourth-order valence-electron chi connectivity index (χ4n) is 1.07. The molecule has 1 rings (SSSR count). The second kappa shape index (κ2) is 3.77. The van der Waals surface area contributed by atoms with Crippen molar-refractivity contribution < 1.29 is 0 Å². The predicted molar refractivity (Wildman–Crippen MR) is 54.5 cm³/mol. The number of allylic oxidation sites excluding steroid dienone is 1. The lowest BCUT2D eigenvalue weighted by Crippen LogP contribution is -1.90. The summed E-state index contributed by atoms with van der Waals surface area (Å²) in [5.41, 5.74) is 2.25. The van der Waals surface area contributed by atoms with Crippen LogP contribution in [0.2, 0.25) is 5.02 Å². The van der Waals surface area contributed by atoms with Crippen molar-refractivity contribution >= 4 is 11.6 Å². The van der Waals surface area contributed by atoms with Crippen LogP contribution >= 0.6 is 11.6 Å². The van der Waals surface area contributed by atoms with E-state index in [0.29, 0.717) is 0 Å². The zero-order chi connectivity index (χ0) is 9.14. The first-order valence-electron chi connectivity index (χ1n) is 3.87. The van der Waals surface area contributed by atoms with Gasteiger partial charge in [0.1, 0.15) is 0 Å². The van der Waals surface area contributed by atoms with Gasteiger partial charge in [0.25, 0.3) is 0 Å². The molecule has 0 N–H and O–H groups in total. The monoisotopic (exact) mass is 179 g/mol. The molecule has 0 aliphatic rings. The third-order valence-electron chi connectivity index (χ3n) is 1.84. The van der Waals surface area contributed by atoms with Crippen LogP contribution in [0.5, 0.6) is 0 Å². The maximum Gasteiger partial charge on any atom is 0.0444 e. The van der Waals surface area contributed by atoms with Crippen LogP contribution in [0.25, 0.3) is 0 Å². The Kier molecular flexibility index (Phi) is 2.93. The van der Waals surface area contributed by atoms with E-state index in [1.165, 1.54) is 5.56 Å². The molecule has 1 aromatic rings. The number of halogens is 1. The molecular weight excluding hydrogens is 168 g/mol. The van der Waals surface area contributed by atoms with E-state index in [2.05, 4.69) is 13.5 Å². The maximum absolute atomic E-state index is 5.98. The van der Waals surface area contributed by atoms with E-state index in [9.17, 15) is 0 Å². The minimum absolute atomic E-state index is 0.0809. The van der Waals surface area contributed by atoms with Crippen molar-refractivity contribution in [1.82, 2.24) is 0 Å². The molecule has 0 saturated heterocycles. The molecule has 63 valence electrons. The molecule has 1 atom stereocenters. The standard InChI is InChI=1S/C11H12Cl/c1-4-9(3)10-7-8(2)5-6-11(10)12/h4-7,9H,1,3H2,2H3. The summed E-state index contributed by atoms with van der Waals surface area (Å²) in [6, 6.07) is 5.93. The fraction of sp³-hybridized carbons (Fsp3) is 0.182. The van der Waals surface area contributed by atoms with Gasteiger partial charge in [-0.05, 0) is 25.5 Å². The third-order valence-corrected chi connectivity index (χ3v) is 2.18. The summed E-state index contributed by atoms with van der Waals surface area (Å²) < 4.78 is 0. The van der Waals surface area contributed by atoms with Gasteiger partial charge in [-0.3, -0.25) is 0 Å². The maximum atomic E-state index is 5.98. The molecule has 0 aliphatic carbocycles. The summed E-state index contributed by atoms with van der Waals surface area (Å²) in [6.07, 6.45) is 1.79. The summed E-state index contributed by atoms with van der Waals surface area (Å²) in [5.74, 6) is 0.0809. The van der Waals surface area contributed by atoms with Crippen molar-refractivity contribution in [2.24, 2.45) is 0 Å². The Labute approximate surface area is 78.9 Å². The van der Waals surface area contributed by atoms with Crippen molar-refractivity contribution in [1.29, 1.82) is 0 Å². The molecule has 1 radical (unpaired) electrons. The van der Waals surface area contributed by atoms with Crippen molar-refractivity contribution in [3.05, 3.63) is 53.9 Å². The van der Waals surface area contributed by atoms with Crippen LogP contribution in [0.3, 0.4) is 0 Å². The molecular formula is C11H12Cl. The lowest BCUT2D eigenvalue weighted by Gasteiger charge is -2.09. The summed E-state index contributed by atoms with van der Waals surface area (Å²) in [6.45, 7) is 9.65. The van der Waals surface area contributed by atoms with Gasteiger partial charge < -0.3 is 0 Å². The zero-order valence-corrected chi connectivity index (χ0v) is 7.93. The molecule has 0 spiro atoms. The lowest BCUT2D eigenvalue weighted by atomic mass is 10.00. The predicted octanol–water partition coefficient (Wildman–Crippen LogP) is 3.75. The molecule has 0 heterocycles. The van der Waals surface area contributed by atoms with Crippen LogP contribution in [-0.2, 0) is 0 Å². The minimum Gasteiger partial charge on any atom is -0.102 e. The van der Waals surface area contributed by atoms with Gasteiger partial charge in [-0.25, -0.2) is 0 Å². The largest absolute Gasteiger partial charge is 0.102 e. The van der Waals surface area contributed by atoms with E-state index in [0.717, 1.165) is 10.6 Å². The topological polar surface area (TPSA) is 0 Å². The smallest absolute Gasteiger partial charge is 0.0444 e. The van der Waals surface area contributed by atoms with E-state index in [1.54, 1.807) is 6.08 Å². The average molecular weight is 180 g/mol. The molecule has 1 unspecified atom stereocenters. The van der Waals surface area contributed by atoms with Crippen LogP contribution in [-0.4, -0.2) is 0 Å². The first-order chi connectivity index (χ1) is 5.65. The quantitative estimate of drug-likeness (QED) is 0.607. The summed E-state index contributed by atoms with van der Waals surface area (Å²) in [7, 11) is 0. The van der Waals surface area contributed by atoms with Gasteiger partial charge in [0, 0.05) is 10.9 Å². The molecule has 0 amide bonds. The van der Waals surface area contributed by atoms with Crippen molar-refractivity contribution in [3.63, 3.8) is 0 Å². The molecule has 0 fully saturated rings. The second-order valence-corrected chi connectivity index (χ2v) is 3.27. The Balaban J connectivity index is 3.12. The van der Waals surface area contributed by atoms with E-state index >= 15 is 0 Å². The molecule has 0 aliphatic heterocycles. The SMILES string of the molecule is [CH2]C(C=C)c1cc(C)ccc1Cl. The highest BCUT2D eigenvalue weighted by Crippen LogP contribution is 2.25. The van der Waals surface area contributed by atoms with Gasteiger partial charge >= 0.3 is 0 Å². The Morgan fingerprint density at radius 1 is 1.50 bits per heavy atom. The van der Waals surface area contributed by atoms with Gasteiger partial charge in [-0.15, -0.1) is 6.58 Å². The Bertz CT molecular complexity index is 289. The number of rotatable bonds is 2. The van der Waals surface area contributed by atoms with Crippen LogP contribution in [0.4, 0.5) is 0 Å². The highest BCUT2D eigenvalue weighted by atomic mass is 35.5. The molecule has 1 aromatic carbocycles. The lowest BCUT2D eigenvalue weighted by molar-refractivity contribution is 1.08. The van der Waals surface area contributed by atoms with Gasteiger partial charge in [-0.2, -0.15) is 0 Å². The van der Waals surface area contributed by atoms with Crippen LogP contribution < -0.4 is 0 Å². The van der Waals surface area contributed by atoms with E-state index in [1.807, 2.05) is 25.1 Å². The number of aryl methyl sites for hydroxylation is 1. The fourth-order valence-corrected chi connectivity index (χ4v) is 1.33. The van der Waals surface area contributed by atoms with Crippen molar-refractivity contribution in [2.45, 2.75) is 12.8 Å². The second-order valence-electron chi connectivity index (χ2n) is 2.87. The first-order valence-corrected chi connectivity index (χ1v) is 4.24. The van der Waals surface area contributed by atoms with Crippen LogP contribution in [0, 0.1) is 13.8 Å². The van der Waals surface area contributed by atoms with Gasteiger partial charge in [-0.1, -0.05) is 35.4 Å². The molecule has 12 heavy (non-hydrogen) atoms. The van der Waals surface area contributed by atoms with Gasteiger partial charge in [0.05, 0.1) is 0 Å². The Morgan fingerprint density at radius 3 is 2.75 bits per heavy atom. The van der Waals surface area contributed by atoms with Crippen LogP contribution in [0.15, 0.2) is 30.9 Å². The van der Waals surface area contributed by atoms with Crippen LogP contribution in [0.1, 0.15) is 17.0 Å². The number of hydrogen-bond donors (Lipinski definition) is 0. The summed E-state index contributed by atoms with van der Waals surface area (Å²) in [4.78, 5) is 0. The van der Waals surface area contributed by atoms with E-state index in [4.69, 9.17) is 11.6 Å². The molecule has 0 saturated carbocycles. The average Bonchev–Trinajstić information content (AvgIpc) is 2.08. The first kappa shape index (κ1) is 9.34. The minimum atomic E-state index is 0.0809. The Morgan fingerprint density at radius 2 is 2.17 bits per heavy atom. The number of benzene rings is 1. The third kappa shape index (κ3) is 1.89. The summed E-state index contributed by atoms with van der Waals surface area (Å²) >= 11 is 5.98. The number of hydrogen-bond acceptors (Lipinski definition) is 0. The van der Waals surface area contributed by atoms with Gasteiger partial charge in [0.2, 0.25) is 0 Å². The summed E-state index contributed by atoms with van der Waals surface area (Å²) in [5, 5.41) is 0.764. The van der Waals surface area contributed by atoms with E-state index in [-0.39, 0.29) is 5.92 Å². The molecule has 0 aromatic heterocycles. The zero-order valence-electron chi connectivity index (χ0n) is 7.18. The highest BCUT2D eigenvalue weighted by molar-refractivity contribution is 6.31. The molecule has 1 heteroatoms. The highest BCUT2D eigenvalue weighted by Gasteiger charge is 2.05. The Hall–Kier alpha value is -0.750. The van der Waals surface area contributed by atoms with Crippen molar-refractivity contribution in [3.8, 4) is 0 Å². The van der Waals surface area contributed by atoms with Crippen molar-refractivity contribution in [2.75, 3.05) is 0 Å². The molecule has 0 bridgehead atoms. The molecule has 0 nitrogen and oxygen atoms in total. The van der Waals surface area contributed by atoms with Gasteiger partial charge in [0.15, 0.2) is 0 Å². The van der Waals surface area contributed by atoms with E-state index < -0.39 is 0 Å². The normalized spacial score (nSPS) is 12.6.